The number of rotatable bonds is 5. The standard InChI is InChI=1S/C20H26ClN3O2/c1-4-23-11-5-6-18(13-23)26-20(25)12-19-14(2)22-24(15(19)3)17-9-7-16(21)8-10-17/h7-10,18H,4-6,11-13H2,1-3H3. The van der Waals surface area contributed by atoms with Gasteiger partial charge in [-0.3, -0.25) is 9.69 Å². The minimum absolute atomic E-state index is 0.00289. The molecular formula is C20H26ClN3O2. The Kier molecular flexibility index (Phi) is 5.99. The van der Waals surface area contributed by atoms with Crippen LogP contribution in [0.25, 0.3) is 5.69 Å². The van der Waals surface area contributed by atoms with Crippen molar-refractivity contribution in [3.05, 3.63) is 46.2 Å². The molecule has 1 aliphatic heterocycles. The van der Waals surface area contributed by atoms with Gasteiger partial charge >= 0.3 is 5.97 Å². The molecule has 0 aliphatic carbocycles. The summed E-state index contributed by atoms with van der Waals surface area (Å²) in [6, 6.07) is 7.52. The fraction of sp³-hybridized carbons (Fsp3) is 0.500. The van der Waals surface area contributed by atoms with Crippen LogP contribution in [0.3, 0.4) is 0 Å². The third-order valence-electron chi connectivity index (χ3n) is 5.04. The lowest BCUT2D eigenvalue weighted by atomic mass is 10.1. The maximum Gasteiger partial charge on any atom is 0.310 e. The summed E-state index contributed by atoms with van der Waals surface area (Å²) in [5.74, 6) is -0.171. The number of carbonyl (C=O) groups is 1. The second kappa shape index (κ2) is 8.23. The maximum atomic E-state index is 12.5. The van der Waals surface area contributed by atoms with Crippen molar-refractivity contribution < 1.29 is 9.53 Å². The Morgan fingerprint density at radius 1 is 1.31 bits per heavy atom. The molecule has 1 saturated heterocycles. The normalized spacial score (nSPS) is 18.1. The molecular weight excluding hydrogens is 350 g/mol. The number of piperidine rings is 1. The van der Waals surface area contributed by atoms with E-state index in [4.69, 9.17) is 16.3 Å². The molecule has 26 heavy (non-hydrogen) atoms. The third-order valence-corrected chi connectivity index (χ3v) is 5.29. The summed E-state index contributed by atoms with van der Waals surface area (Å²) < 4.78 is 7.59. The molecule has 1 aromatic carbocycles. The van der Waals surface area contributed by atoms with Crippen LogP contribution in [-0.4, -0.2) is 46.4 Å². The van der Waals surface area contributed by atoms with Gasteiger partial charge in [0.05, 0.1) is 17.8 Å². The van der Waals surface area contributed by atoms with Crippen LogP contribution >= 0.6 is 11.6 Å². The van der Waals surface area contributed by atoms with Crippen LogP contribution < -0.4 is 0 Å². The maximum absolute atomic E-state index is 12.5. The molecule has 1 aliphatic rings. The fourth-order valence-corrected chi connectivity index (χ4v) is 3.66. The quantitative estimate of drug-likeness (QED) is 0.747. The van der Waals surface area contributed by atoms with Crippen molar-refractivity contribution in [1.29, 1.82) is 0 Å². The van der Waals surface area contributed by atoms with Crippen molar-refractivity contribution in [3.63, 3.8) is 0 Å². The lowest BCUT2D eigenvalue weighted by Gasteiger charge is -2.31. The third kappa shape index (κ3) is 4.27. The van der Waals surface area contributed by atoms with E-state index in [2.05, 4.69) is 16.9 Å². The number of ether oxygens (including phenoxy) is 1. The SMILES string of the molecule is CCN1CCCC(OC(=O)Cc2c(C)nn(-c3ccc(Cl)cc3)c2C)C1. The second-order valence-electron chi connectivity index (χ2n) is 6.86. The van der Waals surface area contributed by atoms with E-state index >= 15 is 0 Å². The molecule has 0 N–H and O–H groups in total. The van der Waals surface area contributed by atoms with Gasteiger partial charge in [0.1, 0.15) is 6.10 Å². The zero-order valence-corrected chi connectivity index (χ0v) is 16.4. The molecule has 1 aromatic heterocycles. The van der Waals surface area contributed by atoms with Crippen LogP contribution in [0.5, 0.6) is 0 Å². The molecule has 3 rings (SSSR count). The lowest BCUT2D eigenvalue weighted by molar-refractivity contribution is -0.150. The highest BCUT2D eigenvalue weighted by Gasteiger charge is 2.23. The number of esters is 1. The predicted molar refractivity (Wildman–Crippen MR) is 103 cm³/mol. The smallest absolute Gasteiger partial charge is 0.310 e. The molecule has 0 spiro atoms. The van der Waals surface area contributed by atoms with E-state index in [1.54, 1.807) is 0 Å². The first kappa shape index (κ1) is 18.9. The minimum atomic E-state index is -0.171. The number of hydrogen-bond acceptors (Lipinski definition) is 4. The number of likely N-dealkylation sites (tertiary alicyclic amines) is 1. The molecule has 0 saturated carbocycles. The highest BCUT2D eigenvalue weighted by Crippen LogP contribution is 2.21. The highest BCUT2D eigenvalue weighted by atomic mass is 35.5. The van der Waals surface area contributed by atoms with Crippen molar-refractivity contribution in [2.24, 2.45) is 0 Å². The topological polar surface area (TPSA) is 47.4 Å². The number of hydrogen-bond donors (Lipinski definition) is 0. The van der Waals surface area contributed by atoms with E-state index in [1.165, 1.54) is 0 Å². The van der Waals surface area contributed by atoms with Gasteiger partial charge in [-0.25, -0.2) is 4.68 Å². The second-order valence-corrected chi connectivity index (χ2v) is 7.30. The molecule has 1 unspecified atom stereocenters. The van der Waals surface area contributed by atoms with Crippen molar-refractivity contribution in [1.82, 2.24) is 14.7 Å². The van der Waals surface area contributed by atoms with E-state index in [9.17, 15) is 4.79 Å². The van der Waals surface area contributed by atoms with Crippen LogP contribution in [-0.2, 0) is 16.0 Å². The molecule has 5 nitrogen and oxygen atoms in total. The predicted octanol–water partition coefficient (Wildman–Crippen LogP) is 3.71. The van der Waals surface area contributed by atoms with E-state index in [0.717, 1.165) is 55.1 Å². The number of carbonyl (C=O) groups excluding carboxylic acids is 1. The van der Waals surface area contributed by atoms with Crippen molar-refractivity contribution in [2.45, 2.75) is 46.1 Å². The van der Waals surface area contributed by atoms with Crippen LogP contribution in [0.15, 0.2) is 24.3 Å². The Balaban J connectivity index is 1.69. The monoisotopic (exact) mass is 375 g/mol. The van der Waals surface area contributed by atoms with E-state index in [0.29, 0.717) is 5.02 Å². The molecule has 0 radical (unpaired) electrons. The molecule has 1 fully saturated rings. The number of nitrogens with zero attached hydrogens (tertiary/aromatic N) is 3. The molecule has 6 heteroatoms. The van der Waals surface area contributed by atoms with Gasteiger partial charge in [0.25, 0.3) is 0 Å². The Hall–Kier alpha value is -1.85. The lowest BCUT2D eigenvalue weighted by Crippen LogP contribution is -2.40. The first-order valence-electron chi connectivity index (χ1n) is 9.20. The Morgan fingerprint density at radius 2 is 2.04 bits per heavy atom. The van der Waals surface area contributed by atoms with Crippen LogP contribution in [0.2, 0.25) is 5.02 Å². The van der Waals surface area contributed by atoms with Gasteiger partial charge in [-0.15, -0.1) is 0 Å². The number of benzene rings is 1. The van der Waals surface area contributed by atoms with Crippen molar-refractivity contribution in [3.8, 4) is 5.69 Å². The number of likely N-dealkylation sites (N-methyl/N-ethyl adjacent to an activating group) is 1. The molecule has 0 bridgehead atoms. The zero-order chi connectivity index (χ0) is 18.7. The van der Waals surface area contributed by atoms with Gasteiger partial charge in [0, 0.05) is 22.8 Å². The number of aromatic nitrogens is 2. The first-order chi connectivity index (χ1) is 12.5. The van der Waals surface area contributed by atoms with Crippen LogP contribution in [0.4, 0.5) is 0 Å². The van der Waals surface area contributed by atoms with Crippen LogP contribution in [0.1, 0.15) is 36.7 Å². The highest BCUT2D eigenvalue weighted by molar-refractivity contribution is 6.30. The van der Waals surface area contributed by atoms with Gasteiger partial charge in [0.15, 0.2) is 0 Å². The van der Waals surface area contributed by atoms with E-state index < -0.39 is 0 Å². The Labute approximate surface area is 159 Å². The summed E-state index contributed by atoms with van der Waals surface area (Å²) in [6.07, 6.45) is 2.29. The average Bonchev–Trinajstić information content (AvgIpc) is 2.90. The van der Waals surface area contributed by atoms with Crippen molar-refractivity contribution >= 4 is 17.6 Å². The molecule has 0 amide bonds. The van der Waals surface area contributed by atoms with Gasteiger partial charge in [-0.05, 0) is 64.0 Å². The van der Waals surface area contributed by atoms with Crippen LogP contribution in [0, 0.1) is 13.8 Å². The van der Waals surface area contributed by atoms with Gasteiger partial charge < -0.3 is 4.74 Å². The van der Waals surface area contributed by atoms with Crippen molar-refractivity contribution in [2.75, 3.05) is 19.6 Å². The summed E-state index contributed by atoms with van der Waals surface area (Å²) in [5.41, 5.74) is 3.68. The number of halogens is 1. The summed E-state index contributed by atoms with van der Waals surface area (Å²) in [4.78, 5) is 14.8. The van der Waals surface area contributed by atoms with E-state index in [-0.39, 0.29) is 18.5 Å². The molecule has 1 atom stereocenters. The molecule has 2 heterocycles. The van der Waals surface area contributed by atoms with Gasteiger partial charge in [-0.1, -0.05) is 18.5 Å². The zero-order valence-electron chi connectivity index (χ0n) is 15.7. The number of aryl methyl sites for hydroxylation is 1. The minimum Gasteiger partial charge on any atom is -0.461 e. The average molecular weight is 376 g/mol. The van der Waals surface area contributed by atoms with Gasteiger partial charge in [0.2, 0.25) is 0 Å². The Morgan fingerprint density at radius 3 is 2.73 bits per heavy atom. The summed E-state index contributed by atoms with van der Waals surface area (Å²) in [7, 11) is 0. The fourth-order valence-electron chi connectivity index (χ4n) is 3.53. The first-order valence-corrected chi connectivity index (χ1v) is 9.58. The summed E-state index contributed by atoms with van der Waals surface area (Å²) >= 11 is 5.96. The molecule has 140 valence electrons. The largest absolute Gasteiger partial charge is 0.461 e. The van der Waals surface area contributed by atoms with E-state index in [1.807, 2.05) is 42.8 Å². The molecule has 2 aromatic rings. The van der Waals surface area contributed by atoms with Gasteiger partial charge in [-0.2, -0.15) is 5.10 Å². The Bertz CT molecular complexity index is 770. The summed E-state index contributed by atoms with van der Waals surface area (Å²) in [6.45, 7) is 8.99. The summed E-state index contributed by atoms with van der Waals surface area (Å²) in [5, 5.41) is 5.28.